The first-order valence-electron chi connectivity index (χ1n) is 8.61. The molecule has 0 aliphatic carbocycles. The Morgan fingerprint density at radius 2 is 2.36 bits per heavy atom. The lowest BCUT2D eigenvalue weighted by Crippen LogP contribution is -2.45. The van der Waals surface area contributed by atoms with Crippen LogP contribution >= 0.6 is 0 Å². The van der Waals surface area contributed by atoms with Crippen LogP contribution in [-0.2, 0) is 13.0 Å². The number of aromatic nitrogens is 5. The highest BCUT2D eigenvalue weighted by molar-refractivity contribution is 5.74. The summed E-state index contributed by atoms with van der Waals surface area (Å²) in [5, 5.41) is 10.9. The van der Waals surface area contributed by atoms with Gasteiger partial charge in [0.2, 0.25) is 0 Å². The van der Waals surface area contributed by atoms with Crippen molar-refractivity contribution in [3.05, 3.63) is 40.6 Å². The van der Waals surface area contributed by atoms with Crippen LogP contribution in [0.25, 0.3) is 0 Å². The summed E-state index contributed by atoms with van der Waals surface area (Å²) in [5.74, 6) is 0.969. The van der Waals surface area contributed by atoms with Crippen LogP contribution in [0.1, 0.15) is 37.2 Å². The first-order chi connectivity index (χ1) is 12.2. The Morgan fingerprint density at radius 1 is 1.48 bits per heavy atom. The van der Waals surface area contributed by atoms with E-state index >= 15 is 0 Å². The van der Waals surface area contributed by atoms with E-state index in [2.05, 4.69) is 25.5 Å². The van der Waals surface area contributed by atoms with Crippen molar-refractivity contribution in [2.75, 3.05) is 19.6 Å². The molecule has 2 aromatic heterocycles. The molecular formula is C16H23N7O2. The molecule has 1 atom stereocenters. The molecule has 2 N–H and O–H groups in total. The highest BCUT2D eigenvalue weighted by atomic mass is 16.2. The quantitative estimate of drug-likeness (QED) is 0.821. The van der Waals surface area contributed by atoms with Gasteiger partial charge in [-0.1, -0.05) is 0 Å². The zero-order valence-electron chi connectivity index (χ0n) is 14.3. The number of aryl methyl sites for hydroxylation is 1. The van der Waals surface area contributed by atoms with Gasteiger partial charge in [-0.2, -0.15) is 0 Å². The number of carbonyl (C=O) groups excluding carboxylic acids is 1. The van der Waals surface area contributed by atoms with Gasteiger partial charge in [0.05, 0.1) is 12.0 Å². The van der Waals surface area contributed by atoms with Crippen molar-refractivity contribution >= 4 is 6.03 Å². The average Bonchev–Trinajstić information content (AvgIpc) is 3.09. The van der Waals surface area contributed by atoms with Gasteiger partial charge in [0.25, 0.3) is 5.56 Å². The van der Waals surface area contributed by atoms with Crippen molar-refractivity contribution in [3.63, 3.8) is 0 Å². The molecule has 1 unspecified atom stereocenters. The summed E-state index contributed by atoms with van der Waals surface area (Å²) in [6, 6.07) is 1.43. The summed E-state index contributed by atoms with van der Waals surface area (Å²) >= 11 is 0. The van der Waals surface area contributed by atoms with Gasteiger partial charge in [-0.25, -0.2) is 9.78 Å². The molecule has 2 aromatic rings. The number of rotatable bonds is 5. The predicted molar refractivity (Wildman–Crippen MR) is 91.2 cm³/mol. The summed E-state index contributed by atoms with van der Waals surface area (Å²) in [6.07, 6.45) is 5.59. The molecule has 1 aliphatic rings. The molecule has 134 valence electrons. The van der Waals surface area contributed by atoms with Crippen LogP contribution in [0.15, 0.2) is 23.5 Å². The fraction of sp³-hybridized carbons (Fsp3) is 0.562. The molecule has 1 fully saturated rings. The maximum Gasteiger partial charge on any atom is 0.317 e. The van der Waals surface area contributed by atoms with Crippen molar-refractivity contribution in [2.24, 2.45) is 0 Å². The molecule has 0 bridgehead atoms. The molecule has 9 nitrogen and oxygen atoms in total. The fourth-order valence-electron chi connectivity index (χ4n) is 3.14. The third-order valence-electron chi connectivity index (χ3n) is 4.49. The van der Waals surface area contributed by atoms with Crippen LogP contribution in [-0.4, -0.2) is 55.3 Å². The van der Waals surface area contributed by atoms with Crippen LogP contribution in [0.3, 0.4) is 0 Å². The van der Waals surface area contributed by atoms with E-state index in [-0.39, 0.29) is 17.5 Å². The summed E-state index contributed by atoms with van der Waals surface area (Å²) in [6.45, 7) is 4.65. The highest BCUT2D eigenvalue weighted by Gasteiger charge is 2.25. The van der Waals surface area contributed by atoms with E-state index < -0.39 is 0 Å². The van der Waals surface area contributed by atoms with Gasteiger partial charge < -0.3 is 19.8 Å². The lowest BCUT2D eigenvalue weighted by atomic mass is 9.95. The number of hydrogen-bond donors (Lipinski definition) is 2. The first kappa shape index (κ1) is 17.1. The number of likely N-dealkylation sites (tertiary alicyclic amines) is 1. The zero-order valence-corrected chi connectivity index (χ0v) is 14.3. The van der Waals surface area contributed by atoms with Gasteiger partial charge in [0.15, 0.2) is 0 Å². The zero-order chi connectivity index (χ0) is 17.6. The number of urea groups is 1. The van der Waals surface area contributed by atoms with Crippen molar-refractivity contribution in [2.45, 2.75) is 38.6 Å². The van der Waals surface area contributed by atoms with E-state index in [0.717, 1.165) is 37.4 Å². The number of piperidine rings is 1. The second kappa shape index (κ2) is 7.91. The van der Waals surface area contributed by atoms with E-state index in [9.17, 15) is 9.59 Å². The van der Waals surface area contributed by atoms with Gasteiger partial charge in [-0.3, -0.25) is 4.79 Å². The first-order valence-corrected chi connectivity index (χ1v) is 8.61. The minimum absolute atomic E-state index is 0.0860. The van der Waals surface area contributed by atoms with Crippen LogP contribution in [0, 0.1) is 0 Å². The minimum Gasteiger partial charge on any atom is -0.338 e. The second-order valence-electron chi connectivity index (χ2n) is 6.14. The normalized spacial score (nSPS) is 17.5. The lowest BCUT2D eigenvalue weighted by Gasteiger charge is -2.32. The Hall–Kier alpha value is -2.71. The van der Waals surface area contributed by atoms with E-state index in [4.69, 9.17) is 0 Å². The maximum atomic E-state index is 12.4. The largest absolute Gasteiger partial charge is 0.338 e. The monoisotopic (exact) mass is 345 g/mol. The van der Waals surface area contributed by atoms with E-state index in [1.54, 1.807) is 11.2 Å². The van der Waals surface area contributed by atoms with Crippen LogP contribution in [0.2, 0.25) is 0 Å². The summed E-state index contributed by atoms with van der Waals surface area (Å²) in [4.78, 5) is 32.4. The Kier molecular flexibility index (Phi) is 5.42. The Morgan fingerprint density at radius 3 is 3.16 bits per heavy atom. The molecule has 1 saturated heterocycles. The Labute approximate surface area is 145 Å². The van der Waals surface area contributed by atoms with Crippen molar-refractivity contribution in [1.29, 1.82) is 0 Å². The second-order valence-corrected chi connectivity index (χ2v) is 6.14. The van der Waals surface area contributed by atoms with E-state index in [1.807, 2.05) is 11.5 Å². The molecule has 0 aromatic carbocycles. The van der Waals surface area contributed by atoms with Crippen LogP contribution in [0.4, 0.5) is 4.79 Å². The summed E-state index contributed by atoms with van der Waals surface area (Å²) in [5.41, 5.74) is 0.587. The number of nitrogens with zero attached hydrogens (tertiary/aromatic N) is 5. The Bertz CT molecular complexity index is 770. The standard InChI is InChI=1S/C16H23N7O2/c1-2-22-11-20-21-14(22)5-6-17-16(25)23-7-3-4-12(9-23)13-8-15(24)19-10-18-13/h8,10-12H,2-7,9H2,1H3,(H,17,25)(H,18,19,24). The number of amides is 2. The summed E-state index contributed by atoms with van der Waals surface area (Å²) in [7, 11) is 0. The minimum atomic E-state index is -0.161. The van der Waals surface area contributed by atoms with Gasteiger partial charge in [-0.05, 0) is 19.8 Å². The average molecular weight is 345 g/mol. The van der Waals surface area contributed by atoms with Crippen LogP contribution < -0.4 is 10.9 Å². The maximum absolute atomic E-state index is 12.4. The molecule has 0 saturated carbocycles. The van der Waals surface area contributed by atoms with Crippen molar-refractivity contribution < 1.29 is 4.79 Å². The summed E-state index contributed by atoms with van der Waals surface area (Å²) < 4.78 is 1.96. The topological polar surface area (TPSA) is 109 Å². The van der Waals surface area contributed by atoms with E-state index in [1.165, 1.54) is 12.4 Å². The number of nitrogens with one attached hydrogen (secondary N) is 2. The van der Waals surface area contributed by atoms with Crippen LogP contribution in [0.5, 0.6) is 0 Å². The number of hydrogen-bond acceptors (Lipinski definition) is 5. The fourth-order valence-corrected chi connectivity index (χ4v) is 3.14. The smallest absolute Gasteiger partial charge is 0.317 e. The van der Waals surface area contributed by atoms with Crippen molar-refractivity contribution in [1.82, 2.24) is 34.9 Å². The van der Waals surface area contributed by atoms with Gasteiger partial charge >= 0.3 is 6.03 Å². The molecule has 0 spiro atoms. The Balaban J connectivity index is 1.52. The number of carbonyl (C=O) groups is 1. The van der Waals surface area contributed by atoms with Gasteiger partial charge in [-0.15, -0.1) is 10.2 Å². The molecule has 1 aliphatic heterocycles. The van der Waals surface area contributed by atoms with Gasteiger partial charge in [0.1, 0.15) is 12.2 Å². The molecule has 0 radical (unpaired) electrons. The highest BCUT2D eigenvalue weighted by Crippen LogP contribution is 2.24. The molecule has 25 heavy (non-hydrogen) atoms. The molecule has 2 amide bonds. The molecular weight excluding hydrogens is 322 g/mol. The molecule has 9 heteroatoms. The van der Waals surface area contributed by atoms with E-state index in [0.29, 0.717) is 19.5 Å². The van der Waals surface area contributed by atoms with Gasteiger partial charge in [0, 0.05) is 44.6 Å². The predicted octanol–water partition coefficient (Wildman–Crippen LogP) is 0.513. The third-order valence-corrected chi connectivity index (χ3v) is 4.49. The van der Waals surface area contributed by atoms with Crippen molar-refractivity contribution in [3.8, 4) is 0 Å². The SMILES string of the molecule is CCn1cnnc1CCNC(=O)N1CCCC(c2cc(=O)[nH]cn2)C1. The third kappa shape index (κ3) is 4.23. The number of H-pyrrole nitrogens is 1. The molecule has 3 heterocycles. The number of aromatic amines is 1. The molecule has 3 rings (SSSR count). The lowest BCUT2D eigenvalue weighted by molar-refractivity contribution is 0.179.